The van der Waals surface area contributed by atoms with Crippen molar-refractivity contribution in [3.05, 3.63) is 92.4 Å². The minimum Gasteiger partial charge on any atom is -0.493 e. The van der Waals surface area contributed by atoms with Crippen molar-refractivity contribution in [2.24, 2.45) is 4.99 Å². The average molecular weight is 771 g/mol. The summed E-state index contributed by atoms with van der Waals surface area (Å²) in [5.74, 6) is 1.09. The predicted molar refractivity (Wildman–Crippen MR) is 170 cm³/mol. The standard InChI is InChI=1S/C29H27Br3N2O6S/c1-6-9-40-26-19(31)10-16(11-20(26)32)12-23-27(35)34-25(17-13-21(37-5)22(38-7-2)14-18(17)30)24(28(36)39-8-3)15(4)33-29(34)41-23/h6,10-14,25H,1,7-9H2,2-5H3/b23-12+/t25-/m1/s1. The number of thiazole rings is 1. The Balaban J connectivity index is 1.95. The van der Waals surface area contributed by atoms with Gasteiger partial charge in [-0.05, 0) is 94.1 Å². The fraction of sp³-hybridized carbons (Fsp3) is 0.276. The number of ether oxygens (including phenoxy) is 4. The van der Waals surface area contributed by atoms with E-state index < -0.39 is 12.0 Å². The van der Waals surface area contributed by atoms with Crippen LogP contribution in [0.5, 0.6) is 17.2 Å². The van der Waals surface area contributed by atoms with Gasteiger partial charge in [-0.25, -0.2) is 9.79 Å². The van der Waals surface area contributed by atoms with Crippen LogP contribution in [0.3, 0.4) is 0 Å². The molecule has 0 fully saturated rings. The van der Waals surface area contributed by atoms with Crippen molar-refractivity contribution >= 4 is 71.2 Å². The summed E-state index contributed by atoms with van der Waals surface area (Å²) < 4.78 is 26.5. The Morgan fingerprint density at radius 3 is 2.39 bits per heavy atom. The van der Waals surface area contributed by atoms with Gasteiger partial charge < -0.3 is 18.9 Å². The number of halogens is 3. The molecular weight excluding hydrogens is 744 g/mol. The summed E-state index contributed by atoms with van der Waals surface area (Å²) in [5, 5.41) is 0. The highest BCUT2D eigenvalue weighted by Crippen LogP contribution is 2.41. The molecule has 12 heteroatoms. The third kappa shape index (κ3) is 6.40. The van der Waals surface area contributed by atoms with Crippen LogP contribution in [0.4, 0.5) is 0 Å². The van der Waals surface area contributed by atoms with Crippen molar-refractivity contribution in [1.29, 1.82) is 0 Å². The van der Waals surface area contributed by atoms with Gasteiger partial charge in [-0.3, -0.25) is 9.36 Å². The van der Waals surface area contributed by atoms with Crippen molar-refractivity contribution in [2.75, 3.05) is 26.9 Å². The number of nitrogens with zero attached hydrogens (tertiary/aromatic N) is 2. The van der Waals surface area contributed by atoms with Gasteiger partial charge in [0.2, 0.25) is 0 Å². The molecule has 2 aromatic carbocycles. The number of fused-ring (bicyclic) bond motifs is 1. The molecule has 0 amide bonds. The van der Waals surface area contributed by atoms with Crippen molar-refractivity contribution < 1.29 is 23.7 Å². The maximum Gasteiger partial charge on any atom is 0.338 e. The third-order valence-corrected chi connectivity index (χ3v) is 8.91. The van der Waals surface area contributed by atoms with Crippen LogP contribution in [0.25, 0.3) is 6.08 Å². The lowest BCUT2D eigenvalue weighted by molar-refractivity contribution is -0.139. The molecule has 0 bridgehead atoms. The molecule has 0 saturated carbocycles. The predicted octanol–water partition coefficient (Wildman–Crippen LogP) is 6.06. The molecule has 41 heavy (non-hydrogen) atoms. The minimum absolute atomic E-state index is 0.177. The molecule has 3 aromatic rings. The maximum absolute atomic E-state index is 14.0. The molecule has 0 N–H and O–H groups in total. The van der Waals surface area contributed by atoms with Crippen molar-refractivity contribution in [2.45, 2.75) is 26.8 Å². The highest BCUT2D eigenvalue weighted by atomic mass is 79.9. The lowest BCUT2D eigenvalue weighted by atomic mass is 9.95. The summed E-state index contributed by atoms with van der Waals surface area (Å²) in [6.07, 6.45) is 3.44. The first-order valence-electron chi connectivity index (χ1n) is 12.6. The summed E-state index contributed by atoms with van der Waals surface area (Å²) in [4.78, 5) is 32.4. The number of hydrogen-bond acceptors (Lipinski definition) is 8. The van der Waals surface area contributed by atoms with Gasteiger partial charge in [0.05, 0.1) is 51.1 Å². The van der Waals surface area contributed by atoms with Crippen LogP contribution in [-0.2, 0) is 9.53 Å². The van der Waals surface area contributed by atoms with E-state index in [0.717, 1.165) is 14.5 Å². The van der Waals surface area contributed by atoms with Crippen LogP contribution in [0.1, 0.15) is 37.9 Å². The van der Waals surface area contributed by atoms with E-state index in [9.17, 15) is 9.59 Å². The molecular formula is C29H27Br3N2O6S. The highest BCUT2D eigenvalue weighted by Gasteiger charge is 2.35. The van der Waals surface area contributed by atoms with Gasteiger partial charge in [0.25, 0.3) is 5.56 Å². The van der Waals surface area contributed by atoms with Gasteiger partial charge in [-0.15, -0.1) is 0 Å². The number of methoxy groups -OCH3 is 1. The van der Waals surface area contributed by atoms with E-state index in [2.05, 4.69) is 59.4 Å². The number of carbonyl (C=O) groups excluding carboxylic acids is 1. The average Bonchev–Trinajstić information content (AvgIpc) is 3.22. The summed E-state index contributed by atoms with van der Waals surface area (Å²) in [5.41, 5.74) is 1.83. The smallest absolute Gasteiger partial charge is 0.338 e. The molecule has 216 valence electrons. The fourth-order valence-corrected chi connectivity index (χ4v) is 7.40. The van der Waals surface area contributed by atoms with Crippen LogP contribution in [0.15, 0.2) is 71.4 Å². The molecule has 4 rings (SSSR count). The Morgan fingerprint density at radius 2 is 1.78 bits per heavy atom. The molecule has 0 saturated heterocycles. The summed E-state index contributed by atoms with van der Waals surface area (Å²) >= 11 is 12.0. The zero-order valence-corrected chi connectivity index (χ0v) is 28.3. The van der Waals surface area contributed by atoms with Gasteiger partial charge >= 0.3 is 5.97 Å². The minimum atomic E-state index is -0.820. The Labute approximate surface area is 266 Å². The maximum atomic E-state index is 14.0. The van der Waals surface area contributed by atoms with E-state index in [-0.39, 0.29) is 17.7 Å². The number of benzene rings is 2. The van der Waals surface area contributed by atoms with Crippen molar-refractivity contribution in [1.82, 2.24) is 4.57 Å². The second kappa shape index (κ2) is 13.5. The molecule has 0 radical (unpaired) electrons. The van der Waals surface area contributed by atoms with Gasteiger partial charge in [0, 0.05) is 4.47 Å². The van der Waals surface area contributed by atoms with Crippen LogP contribution in [0, 0.1) is 0 Å². The molecule has 8 nitrogen and oxygen atoms in total. The SMILES string of the molecule is C=CCOc1c(Br)cc(/C=c2/sc3n(c2=O)[C@H](c2cc(OC)c(OCC)cc2Br)C(C(=O)OCC)=C(C)N=3)cc1Br. The number of aromatic nitrogens is 1. The Bertz CT molecular complexity index is 1700. The lowest BCUT2D eigenvalue weighted by Crippen LogP contribution is -2.40. The number of carbonyl (C=O) groups is 1. The van der Waals surface area contributed by atoms with E-state index in [4.69, 9.17) is 18.9 Å². The quantitative estimate of drug-likeness (QED) is 0.184. The second-order valence-electron chi connectivity index (χ2n) is 8.67. The Morgan fingerprint density at radius 1 is 1.07 bits per heavy atom. The Hall–Kier alpha value is -2.67. The highest BCUT2D eigenvalue weighted by molar-refractivity contribution is 9.11. The van der Waals surface area contributed by atoms with E-state index >= 15 is 0 Å². The second-order valence-corrected chi connectivity index (χ2v) is 12.2. The fourth-order valence-electron chi connectivity index (χ4n) is 4.37. The van der Waals surface area contributed by atoms with Gasteiger partial charge in [0.1, 0.15) is 12.4 Å². The number of hydrogen-bond donors (Lipinski definition) is 0. The zero-order valence-electron chi connectivity index (χ0n) is 22.8. The monoisotopic (exact) mass is 768 g/mol. The van der Waals surface area contributed by atoms with Crippen molar-refractivity contribution in [3.63, 3.8) is 0 Å². The first-order valence-corrected chi connectivity index (χ1v) is 15.8. The molecule has 1 aromatic heterocycles. The van der Waals surface area contributed by atoms with Gasteiger partial charge in [-0.2, -0.15) is 0 Å². The van der Waals surface area contributed by atoms with Crippen LogP contribution >= 0.6 is 59.1 Å². The molecule has 0 unspecified atom stereocenters. The first kappa shape index (κ1) is 31.3. The molecule has 0 spiro atoms. The number of allylic oxidation sites excluding steroid dienone is 1. The Kier molecular flexibility index (Phi) is 10.3. The molecule has 1 atom stereocenters. The summed E-state index contributed by atoms with van der Waals surface area (Å²) in [6, 6.07) is 6.45. The summed E-state index contributed by atoms with van der Waals surface area (Å²) in [6.45, 7) is 10.0. The molecule has 2 heterocycles. The molecule has 1 aliphatic heterocycles. The molecule has 1 aliphatic rings. The molecule has 0 aliphatic carbocycles. The lowest BCUT2D eigenvalue weighted by Gasteiger charge is -2.26. The van der Waals surface area contributed by atoms with Crippen molar-refractivity contribution in [3.8, 4) is 17.2 Å². The van der Waals surface area contributed by atoms with Crippen LogP contribution < -0.4 is 29.1 Å². The largest absolute Gasteiger partial charge is 0.493 e. The topological polar surface area (TPSA) is 88.3 Å². The van der Waals surface area contributed by atoms with Crippen LogP contribution in [-0.4, -0.2) is 37.5 Å². The van der Waals surface area contributed by atoms with E-state index in [1.54, 1.807) is 38.1 Å². The number of esters is 1. The van der Waals surface area contributed by atoms with E-state index in [1.807, 2.05) is 19.1 Å². The third-order valence-electron chi connectivity index (χ3n) is 6.06. The van der Waals surface area contributed by atoms with E-state index in [1.165, 1.54) is 23.0 Å². The van der Waals surface area contributed by atoms with Crippen LogP contribution in [0.2, 0.25) is 0 Å². The first-order chi connectivity index (χ1) is 19.6. The summed E-state index contributed by atoms with van der Waals surface area (Å²) in [7, 11) is 1.54. The number of rotatable bonds is 10. The zero-order chi connectivity index (χ0) is 29.8. The van der Waals surface area contributed by atoms with E-state index in [0.29, 0.717) is 55.5 Å². The normalized spacial score (nSPS) is 14.8. The van der Waals surface area contributed by atoms with Gasteiger partial charge in [-0.1, -0.05) is 39.9 Å². The van der Waals surface area contributed by atoms with Gasteiger partial charge in [0.15, 0.2) is 16.3 Å².